The lowest BCUT2D eigenvalue weighted by Crippen LogP contribution is -2.12. The summed E-state index contributed by atoms with van der Waals surface area (Å²) in [7, 11) is 0. The lowest BCUT2D eigenvalue weighted by molar-refractivity contribution is 0.102. The molecule has 1 aromatic heterocycles. The number of hydrogen-bond acceptors (Lipinski definition) is 5. The van der Waals surface area contributed by atoms with Crippen LogP contribution in [-0.4, -0.2) is 24.1 Å². The van der Waals surface area contributed by atoms with Gasteiger partial charge in [-0.15, -0.1) is 11.8 Å². The Morgan fingerprint density at radius 1 is 1.14 bits per heavy atom. The van der Waals surface area contributed by atoms with Crippen molar-refractivity contribution in [3.05, 3.63) is 77.1 Å². The van der Waals surface area contributed by atoms with Gasteiger partial charge in [0.15, 0.2) is 11.5 Å². The number of aromatic nitrogens is 1. The highest BCUT2D eigenvalue weighted by atomic mass is 35.5. The first kappa shape index (κ1) is 19.6. The molecule has 1 aliphatic rings. The molecule has 0 aliphatic carbocycles. The molecule has 1 N–H and O–H groups in total. The molecule has 0 fully saturated rings. The van der Waals surface area contributed by atoms with E-state index in [1.54, 1.807) is 30.1 Å². The molecule has 2 aromatic carbocycles. The summed E-state index contributed by atoms with van der Waals surface area (Å²) in [6.45, 7) is 1.08. The number of nitrogens with zero attached hydrogens (tertiary/aromatic N) is 1. The van der Waals surface area contributed by atoms with Crippen LogP contribution in [0.25, 0.3) is 0 Å². The van der Waals surface area contributed by atoms with Crippen molar-refractivity contribution in [1.82, 2.24) is 4.98 Å². The fourth-order valence-electron chi connectivity index (χ4n) is 2.85. The van der Waals surface area contributed by atoms with E-state index in [1.807, 2.05) is 36.5 Å². The number of ether oxygens (including phenoxy) is 2. The maximum Gasteiger partial charge on any atom is 0.255 e. The Bertz CT molecular complexity index is 997. The van der Waals surface area contributed by atoms with Crippen LogP contribution in [0.3, 0.4) is 0 Å². The Kier molecular flexibility index (Phi) is 6.22. The van der Waals surface area contributed by atoms with Gasteiger partial charge in [0.2, 0.25) is 0 Å². The van der Waals surface area contributed by atoms with Gasteiger partial charge >= 0.3 is 0 Å². The highest BCUT2D eigenvalue weighted by Gasteiger charge is 2.18. The number of pyridine rings is 1. The molecule has 1 amide bonds. The second-order valence-electron chi connectivity index (χ2n) is 6.46. The van der Waals surface area contributed by atoms with Crippen LogP contribution in [0.2, 0.25) is 5.02 Å². The number of thioether (sulfide) groups is 1. The molecule has 0 bridgehead atoms. The first-order valence-electron chi connectivity index (χ1n) is 9.21. The molecular weight excluding hydrogens is 408 g/mol. The Hall–Kier alpha value is -2.70. The summed E-state index contributed by atoms with van der Waals surface area (Å²) in [6, 6.07) is 15.0. The van der Waals surface area contributed by atoms with E-state index >= 15 is 0 Å². The van der Waals surface area contributed by atoms with E-state index in [0.717, 1.165) is 17.1 Å². The average molecular weight is 427 g/mol. The van der Waals surface area contributed by atoms with E-state index < -0.39 is 0 Å². The first-order valence-corrected chi connectivity index (χ1v) is 10.6. The number of rotatable bonds is 5. The van der Waals surface area contributed by atoms with Gasteiger partial charge in [-0.25, -0.2) is 0 Å². The molecule has 7 heteroatoms. The van der Waals surface area contributed by atoms with Crippen LogP contribution in [0, 0.1) is 0 Å². The van der Waals surface area contributed by atoms with Crippen molar-refractivity contribution in [2.75, 3.05) is 18.5 Å². The number of carbonyl (C=O) groups excluding carboxylic acids is 1. The predicted molar refractivity (Wildman–Crippen MR) is 115 cm³/mol. The van der Waals surface area contributed by atoms with Gasteiger partial charge in [-0.1, -0.05) is 17.7 Å². The monoisotopic (exact) mass is 426 g/mol. The first-order chi connectivity index (χ1) is 14.2. The molecule has 0 saturated heterocycles. The highest BCUT2D eigenvalue weighted by molar-refractivity contribution is 7.98. The Labute approximate surface area is 178 Å². The van der Waals surface area contributed by atoms with Gasteiger partial charge in [-0.2, -0.15) is 0 Å². The molecule has 3 aromatic rings. The van der Waals surface area contributed by atoms with Gasteiger partial charge in [0.1, 0.15) is 0 Å². The van der Waals surface area contributed by atoms with Crippen molar-refractivity contribution >= 4 is 35.0 Å². The minimum atomic E-state index is -0.252. The topological polar surface area (TPSA) is 60.5 Å². The molecule has 29 heavy (non-hydrogen) atoms. The summed E-state index contributed by atoms with van der Waals surface area (Å²) in [5.41, 5.74) is 2.31. The number of amides is 1. The average Bonchev–Trinajstić information content (AvgIpc) is 3.00. The van der Waals surface area contributed by atoms with E-state index in [4.69, 9.17) is 21.1 Å². The van der Waals surface area contributed by atoms with Gasteiger partial charge < -0.3 is 14.8 Å². The number of benzene rings is 2. The number of halogens is 1. The number of anilines is 1. The fraction of sp³-hybridized carbons (Fsp3) is 0.182. The van der Waals surface area contributed by atoms with E-state index in [9.17, 15) is 4.79 Å². The summed E-state index contributed by atoms with van der Waals surface area (Å²) < 4.78 is 11.3. The molecule has 0 spiro atoms. The van der Waals surface area contributed by atoms with E-state index in [2.05, 4.69) is 16.4 Å². The summed E-state index contributed by atoms with van der Waals surface area (Å²) in [6.07, 6.45) is 4.40. The normalized spacial score (nSPS) is 12.9. The zero-order chi connectivity index (χ0) is 20.1. The number of carbonyl (C=O) groups is 1. The van der Waals surface area contributed by atoms with Crippen molar-refractivity contribution in [2.45, 2.75) is 17.1 Å². The van der Waals surface area contributed by atoms with E-state index in [-0.39, 0.29) is 5.91 Å². The maximum absolute atomic E-state index is 12.7. The molecule has 0 saturated carbocycles. The van der Waals surface area contributed by atoms with Crippen LogP contribution in [0.4, 0.5) is 5.69 Å². The molecule has 2 heterocycles. The van der Waals surface area contributed by atoms with Crippen LogP contribution in [-0.2, 0) is 5.75 Å². The molecule has 0 radical (unpaired) electrons. The third kappa shape index (κ3) is 5.02. The summed E-state index contributed by atoms with van der Waals surface area (Å²) in [5.74, 6) is 1.59. The predicted octanol–water partition coefficient (Wildman–Crippen LogP) is 5.44. The third-order valence-corrected chi connectivity index (χ3v) is 5.67. The Balaban J connectivity index is 1.41. The SMILES string of the molecule is O=C(Nc1ccc(SCc2cccnc2)cc1)c1cc(Cl)c2c(c1)OCCCO2. The minimum absolute atomic E-state index is 0.252. The fourth-order valence-corrected chi connectivity index (χ4v) is 3.95. The zero-order valence-corrected chi connectivity index (χ0v) is 17.1. The lowest BCUT2D eigenvalue weighted by atomic mass is 10.1. The minimum Gasteiger partial charge on any atom is -0.489 e. The Morgan fingerprint density at radius 2 is 1.97 bits per heavy atom. The second kappa shape index (κ2) is 9.20. The summed E-state index contributed by atoms with van der Waals surface area (Å²) in [4.78, 5) is 17.9. The molecule has 0 atom stereocenters. The van der Waals surface area contributed by atoms with Crippen LogP contribution in [0.1, 0.15) is 22.3 Å². The van der Waals surface area contributed by atoms with Gasteiger partial charge in [0.25, 0.3) is 5.91 Å². The van der Waals surface area contributed by atoms with Crippen LogP contribution in [0.15, 0.2) is 65.8 Å². The smallest absolute Gasteiger partial charge is 0.255 e. The quantitative estimate of drug-likeness (QED) is 0.550. The molecule has 5 nitrogen and oxygen atoms in total. The third-order valence-electron chi connectivity index (χ3n) is 4.30. The van der Waals surface area contributed by atoms with Crippen molar-refractivity contribution in [3.8, 4) is 11.5 Å². The molecule has 0 unspecified atom stereocenters. The van der Waals surface area contributed by atoms with Gasteiger partial charge in [0, 0.05) is 40.7 Å². The summed E-state index contributed by atoms with van der Waals surface area (Å²) in [5, 5.41) is 3.27. The largest absolute Gasteiger partial charge is 0.489 e. The number of fused-ring (bicyclic) bond motifs is 1. The van der Waals surface area contributed by atoms with Crippen LogP contribution in [0.5, 0.6) is 11.5 Å². The van der Waals surface area contributed by atoms with Crippen molar-refractivity contribution in [2.24, 2.45) is 0 Å². The van der Waals surface area contributed by atoms with Crippen LogP contribution >= 0.6 is 23.4 Å². The van der Waals surface area contributed by atoms with Gasteiger partial charge in [-0.05, 0) is 48.0 Å². The Morgan fingerprint density at radius 3 is 2.76 bits per heavy atom. The molecule has 1 aliphatic heterocycles. The molecule has 4 rings (SSSR count). The standard InChI is InChI=1S/C22H19ClN2O3S/c23-19-11-16(12-20-21(19)28-10-2-9-27-20)22(26)25-17-4-6-18(7-5-17)29-14-15-3-1-8-24-13-15/h1,3-8,11-13H,2,9-10,14H2,(H,25,26). The van der Waals surface area contributed by atoms with Gasteiger partial charge in [-0.3, -0.25) is 9.78 Å². The highest BCUT2D eigenvalue weighted by Crippen LogP contribution is 2.38. The van der Waals surface area contributed by atoms with E-state index in [0.29, 0.717) is 41.0 Å². The second-order valence-corrected chi connectivity index (χ2v) is 7.92. The van der Waals surface area contributed by atoms with Crippen molar-refractivity contribution in [3.63, 3.8) is 0 Å². The zero-order valence-electron chi connectivity index (χ0n) is 15.6. The lowest BCUT2D eigenvalue weighted by Gasteiger charge is -2.12. The number of nitrogens with one attached hydrogen (secondary N) is 1. The van der Waals surface area contributed by atoms with Crippen molar-refractivity contribution in [1.29, 1.82) is 0 Å². The number of hydrogen-bond donors (Lipinski definition) is 1. The maximum atomic E-state index is 12.7. The summed E-state index contributed by atoms with van der Waals surface area (Å²) >= 11 is 8.00. The van der Waals surface area contributed by atoms with Crippen LogP contribution < -0.4 is 14.8 Å². The molecular formula is C22H19ClN2O3S. The van der Waals surface area contributed by atoms with Gasteiger partial charge in [0.05, 0.1) is 18.2 Å². The van der Waals surface area contributed by atoms with E-state index in [1.165, 1.54) is 5.56 Å². The van der Waals surface area contributed by atoms with Crippen molar-refractivity contribution < 1.29 is 14.3 Å². The molecule has 148 valence electrons.